The number of hydrogen-bond donors (Lipinski definition) is 1. The molecule has 0 saturated heterocycles. The van der Waals surface area contributed by atoms with Crippen molar-refractivity contribution in [2.24, 2.45) is 5.73 Å². The van der Waals surface area contributed by atoms with Gasteiger partial charge in [-0.25, -0.2) is 4.39 Å². The van der Waals surface area contributed by atoms with E-state index in [9.17, 15) is 14.0 Å². The molecule has 0 aromatic heterocycles. The van der Waals surface area contributed by atoms with Gasteiger partial charge >= 0.3 is 0 Å². The number of nitrogens with two attached hydrogens (primary N) is 1. The zero-order valence-corrected chi connectivity index (χ0v) is 15.8. The maximum atomic E-state index is 14.3. The molecule has 0 heterocycles. The van der Waals surface area contributed by atoms with E-state index in [1.165, 1.54) is 18.1 Å². The number of primary amides is 1. The Bertz CT molecular complexity index is 903. The van der Waals surface area contributed by atoms with E-state index in [1.807, 2.05) is 0 Å². The second-order valence-corrected chi connectivity index (χ2v) is 6.94. The molecule has 0 bridgehead atoms. The van der Waals surface area contributed by atoms with E-state index < -0.39 is 29.7 Å². The number of carbonyl (C=O) groups excluding carboxylic acids is 2. The van der Waals surface area contributed by atoms with E-state index in [0.29, 0.717) is 35.3 Å². The van der Waals surface area contributed by atoms with Gasteiger partial charge in [-0.15, -0.1) is 0 Å². The average molecular weight is 391 g/mol. The topological polar surface area (TPSA) is 72.6 Å². The summed E-state index contributed by atoms with van der Waals surface area (Å²) in [5, 5.41) is 0.245. The molecular weight excluding hydrogens is 371 g/mol. The standard InChI is InChI=1S/C20H20ClFN2O3/c1-11(19(23)25)24(20(26)14-5-3-4-6-18(14)27-2)17-8-7-13-15(17)9-12(21)10-16(13)22/h3-6,9-11,17H,7-8H2,1-2H3,(H2,23,25)/t11-,17-/m1/s1. The monoisotopic (exact) mass is 390 g/mol. The molecule has 2 amide bonds. The minimum Gasteiger partial charge on any atom is -0.496 e. The second-order valence-electron chi connectivity index (χ2n) is 6.50. The van der Waals surface area contributed by atoms with E-state index in [-0.39, 0.29) is 5.02 Å². The molecule has 0 spiro atoms. The summed E-state index contributed by atoms with van der Waals surface area (Å²) in [5.41, 5.74) is 6.94. The SMILES string of the molecule is COc1ccccc1C(=O)N([C@H](C)C(N)=O)[C@@H]1CCc2c(F)cc(Cl)cc21. The predicted molar refractivity (Wildman–Crippen MR) is 100 cm³/mol. The van der Waals surface area contributed by atoms with Crippen molar-refractivity contribution >= 4 is 23.4 Å². The molecule has 1 aliphatic rings. The fraction of sp³-hybridized carbons (Fsp3) is 0.300. The molecule has 2 aromatic rings. The van der Waals surface area contributed by atoms with Gasteiger partial charge in [0.2, 0.25) is 5.91 Å². The molecular formula is C20H20ClFN2O3. The van der Waals surface area contributed by atoms with Crippen molar-refractivity contribution in [2.75, 3.05) is 7.11 Å². The first-order valence-corrected chi connectivity index (χ1v) is 8.95. The fourth-order valence-electron chi connectivity index (χ4n) is 3.59. The summed E-state index contributed by atoms with van der Waals surface area (Å²) < 4.78 is 19.6. The summed E-state index contributed by atoms with van der Waals surface area (Å²) in [4.78, 5) is 26.7. The molecule has 2 atom stereocenters. The van der Waals surface area contributed by atoms with Gasteiger partial charge in [0.1, 0.15) is 17.6 Å². The summed E-state index contributed by atoms with van der Waals surface area (Å²) >= 11 is 6.03. The Labute approximate surface area is 161 Å². The Morgan fingerprint density at radius 3 is 2.70 bits per heavy atom. The first-order chi connectivity index (χ1) is 12.8. The highest BCUT2D eigenvalue weighted by Gasteiger charge is 2.38. The molecule has 0 radical (unpaired) electrons. The number of ether oxygens (including phenoxy) is 1. The molecule has 0 fully saturated rings. The van der Waals surface area contributed by atoms with Gasteiger partial charge in [0.15, 0.2) is 0 Å². The average Bonchev–Trinajstić information content (AvgIpc) is 3.05. The van der Waals surface area contributed by atoms with Crippen LogP contribution in [0.3, 0.4) is 0 Å². The van der Waals surface area contributed by atoms with Crippen LogP contribution in [0.1, 0.15) is 40.9 Å². The van der Waals surface area contributed by atoms with E-state index >= 15 is 0 Å². The summed E-state index contributed by atoms with van der Waals surface area (Å²) in [6, 6.07) is 8.25. The quantitative estimate of drug-likeness (QED) is 0.849. The van der Waals surface area contributed by atoms with E-state index in [1.54, 1.807) is 37.3 Å². The maximum absolute atomic E-state index is 14.3. The third-order valence-corrected chi connectivity index (χ3v) is 5.18. The van der Waals surface area contributed by atoms with Crippen LogP contribution in [-0.4, -0.2) is 29.9 Å². The Morgan fingerprint density at radius 1 is 1.33 bits per heavy atom. The number of amides is 2. The molecule has 1 aliphatic carbocycles. The molecule has 2 N–H and O–H groups in total. The molecule has 0 saturated carbocycles. The third-order valence-electron chi connectivity index (χ3n) is 4.96. The molecule has 0 aliphatic heterocycles. The number of nitrogens with zero attached hydrogens (tertiary/aromatic N) is 1. The molecule has 3 rings (SSSR count). The van der Waals surface area contributed by atoms with Gasteiger partial charge in [-0.3, -0.25) is 9.59 Å². The van der Waals surface area contributed by atoms with Gasteiger partial charge in [0, 0.05) is 5.02 Å². The summed E-state index contributed by atoms with van der Waals surface area (Å²) in [7, 11) is 1.47. The highest BCUT2D eigenvalue weighted by Crippen LogP contribution is 2.40. The highest BCUT2D eigenvalue weighted by molar-refractivity contribution is 6.30. The summed E-state index contributed by atoms with van der Waals surface area (Å²) in [6.07, 6.45) is 0.926. The van der Waals surface area contributed by atoms with Crippen LogP contribution in [0.15, 0.2) is 36.4 Å². The second kappa shape index (κ2) is 7.56. The van der Waals surface area contributed by atoms with E-state index in [4.69, 9.17) is 22.1 Å². The van der Waals surface area contributed by atoms with Crippen LogP contribution in [0, 0.1) is 5.82 Å². The van der Waals surface area contributed by atoms with Crippen molar-refractivity contribution in [3.05, 3.63) is 63.9 Å². The van der Waals surface area contributed by atoms with E-state index in [0.717, 1.165) is 0 Å². The van der Waals surface area contributed by atoms with Crippen molar-refractivity contribution in [2.45, 2.75) is 31.8 Å². The van der Waals surface area contributed by atoms with Crippen LogP contribution in [0.25, 0.3) is 0 Å². The van der Waals surface area contributed by atoms with E-state index in [2.05, 4.69) is 0 Å². The number of carbonyl (C=O) groups is 2. The van der Waals surface area contributed by atoms with Crippen molar-refractivity contribution in [1.29, 1.82) is 0 Å². The lowest BCUT2D eigenvalue weighted by Crippen LogP contribution is -2.47. The Morgan fingerprint density at radius 2 is 2.04 bits per heavy atom. The zero-order chi connectivity index (χ0) is 19.7. The van der Waals surface area contributed by atoms with Crippen molar-refractivity contribution in [1.82, 2.24) is 4.90 Å². The van der Waals surface area contributed by atoms with Crippen LogP contribution in [-0.2, 0) is 11.2 Å². The minimum absolute atomic E-state index is 0.245. The normalized spacial score (nSPS) is 16.5. The highest BCUT2D eigenvalue weighted by atomic mass is 35.5. The molecule has 2 aromatic carbocycles. The van der Waals surface area contributed by atoms with Gasteiger partial charge in [0.25, 0.3) is 5.91 Å². The van der Waals surface area contributed by atoms with Gasteiger partial charge in [0.05, 0.1) is 18.7 Å². The molecule has 5 nitrogen and oxygen atoms in total. The first kappa shape index (κ1) is 19.2. The molecule has 0 unspecified atom stereocenters. The lowest BCUT2D eigenvalue weighted by atomic mass is 10.0. The van der Waals surface area contributed by atoms with Crippen LogP contribution in [0.4, 0.5) is 4.39 Å². The largest absolute Gasteiger partial charge is 0.496 e. The van der Waals surface area contributed by atoms with Gasteiger partial charge in [-0.1, -0.05) is 23.7 Å². The lowest BCUT2D eigenvalue weighted by molar-refractivity contribution is -0.122. The van der Waals surface area contributed by atoms with Gasteiger partial charge in [-0.2, -0.15) is 0 Å². The number of para-hydroxylation sites is 1. The Kier molecular flexibility index (Phi) is 5.37. The molecule has 142 valence electrons. The first-order valence-electron chi connectivity index (χ1n) is 8.58. The maximum Gasteiger partial charge on any atom is 0.258 e. The smallest absolute Gasteiger partial charge is 0.258 e. The third kappa shape index (κ3) is 3.49. The summed E-state index contributed by atoms with van der Waals surface area (Å²) in [6.45, 7) is 1.56. The minimum atomic E-state index is -0.889. The lowest BCUT2D eigenvalue weighted by Gasteiger charge is -2.34. The Balaban J connectivity index is 2.10. The zero-order valence-electron chi connectivity index (χ0n) is 15.0. The number of methoxy groups -OCH3 is 1. The van der Waals surface area contributed by atoms with Crippen LogP contribution in [0.5, 0.6) is 5.75 Å². The van der Waals surface area contributed by atoms with Gasteiger partial charge in [-0.05, 0) is 55.2 Å². The van der Waals surface area contributed by atoms with Crippen LogP contribution in [0.2, 0.25) is 5.02 Å². The number of hydrogen-bond acceptors (Lipinski definition) is 3. The van der Waals surface area contributed by atoms with Crippen molar-refractivity contribution < 1.29 is 18.7 Å². The number of rotatable bonds is 5. The Hall–Kier alpha value is -2.60. The molecule has 27 heavy (non-hydrogen) atoms. The molecule has 7 heteroatoms. The number of fused-ring (bicyclic) bond motifs is 1. The van der Waals surface area contributed by atoms with Crippen molar-refractivity contribution in [3.8, 4) is 5.75 Å². The summed E-state index contributed by atoms with van der Waals surface area (Å²) in [5.74, 6) is -1.07. The van der Waals surface area contributed by atoms with Crippen LogP contribution < -0.4 is 10.5 Å². The number of benzene rings is 2. The number of halogens is 2. The van der Waals surface area contributed by atoms with Crippen LogP contribution >= 0.6 is 11.6 Å². The van der Waals surface area contributed by atoms with Crippen molar-refractivity contribution in [3.63, 3.8) is 0 Å². The fourth-order valence-corrected chi connectivity index (χ4v) is 3.81. The van der Waals surface area contributed by atoms with Gasteiger partial charge < -0.3 is 15.4 Å². The predicted octanol–water partition coefficient (Wildman–Crippen LogP) is 3.49.